The molecule has 0 aliphatic carbocycles. The number of rotatable bonds is 7. The minimum atomic E-state index is -4.43. The highest BCUT2D eigenvalue weighted by Gasteiger charge is 2.30. The number of carbonyl (C=O) groups is 1. The molecule has 0 saturated heterocycles. The molecule has 3 aromatic rings. The number of hydrogen-bond acceptors (Lipinski definition) is 4. The van der Waals surface area contributed by atoms with E-state index in [1.807, 2.05) is 0 Å². The summed E-state index contributed by atoms with van der Waals surface area (Å²) in [5.74, 6) is -0.416. The Morgan fingerprint density at radius 2 is 1.73 bits per heavy atom. The number of sulfonamides is 1. The zero-order chi connectivity index (χ0) is 21.8. The molecule has 0 spiro atoms. The number of hydrogen-bond donors (Lipinski definition) is 2. The summed E-state index contributed by atoms with van der Waals surface area (Å²) in [6.45, 7) is 0.104. The van der Waals surface area contributed by atoms with Gasteiger partial charge in [0.2, 0.25) is 4.21 Å². The van der Waals surface area contributed by atoms with E-state index in [0.717, 1.165) is 23.5 Å². The second kappa shape index (κ2) is 9.09. The molecule has 1 amide bonds. The molecule has 2 N–H and O–H groups in total. The minimum Gasteiger partial charge on any atom is -0.592 e. The van der Waals surface area contributed by atoms with Crippen molar-refractivity contribution in [2.24, 2.45) is 0 Å². The highest BCUT2D eigenvalue weighted by molar-refractivity contribution is 7.97. The first-order chi connectivity index (χ1) is 14.2. The van der Waals surface area contributed by atoms with E-state index in [4.69, 9.17) is 0 Å². The lowest BCUT2D eigenvalue weighted by Crippen LogP contribution is -2.37. The van der Waals surface area contributed by atoms with Crippen molar-refractivity contribution in [1.82, 2.24) is 10.0 Å². The standard InChI is InChI=1S/C20H17F3N2O3S2/c21-20(22,23)17-4-1-3-16(13-17)14-6-8-15(9-7-14)19(26)24-10-11-25-30(27,28)18-5-2-12-29-18/h1-9,12-13H,10-11H2,(H2-,24,25,26,27,28). The van der Waals surface area contributed by atoms with E-state index in [-0.39, 0.29) is 17.3 Å². The van der Waals surface area contributed by atoms with Crippen molar-refractivity contribution in [1.29, 1.82) is 0 Å². The summed E-state index contributed by atoms with van der Waals surface area (Å²) in [4.78, 5) is 12.2. The summed E-state index contributed by atoms with van der Waals surface area (Å²) < 4.78 is 65.1. The van der Waals surface area contributed by atoms with Gasteiger partial charge in [0, 0.05) is 18.2 Å². The number of amides is 1. The lowest BCUT2D eigenvalue weighted by molar-refractivity contribution is -0.137. The van der Waals surface area contributed by atoms with Gasteiger partial charge >= 0.3 is 6.18 Å². The smallest absolute Gasteiger partial charge is 0.416 e. The number of halogens is 3. The molecule has 1 unspecified atom stereocenters. The zero-order valence-corrected chi connectivity index (χ0v) is 17.1. The maximum atomic E-state index is 12.9. The summed E-state index contributed by atoms with van der Waals surface area (Å²) in [7, 11) is -3.59. The van der Waals surface area contributed by atoms with E-state index in [2.05, 4.69) is 10.0 Å². The summed E-state index contributed by atoms with van der Waals surface area (Å²) in [5.41, 5.74) is 0.500. The first-order valence-corrected chi connectivity index (χ1v) is 11.1. The van der Waals surface area contributed by atoms with Gasteiger partial charge in [-0.1, -0.05) is 39.8 Å². The van der Waals surface area contributed by atoms with Crippen molar-refractivity contribution in [2.75, 3.05) is 13.1 Å². The van der Waals surface area contributed by atoms with Crippen LogP contribution in [-0.2, 0) is 20.8 Å². The molecular formula is C20H17F3N2O3S2. The molecule has 5 nitrogen and oxygen atoms in total. The SMILES string of the molecule is O=C(NCCN[S+](=O)([O-])c1cccs1)c1ccc(-c2cccc(C(F)(F)F)c2)cc1. The van der Waals surface area contributed by atoms with Gasteiger partial charge in [0.1, 0.15) is 0 Å². The summed E-state index contributed by atoms with van der Waals surface area (Å²) in [5, 5.41) is 4.25. The Morgan fingerprint density at radius 1 is 1.00 bits per heavy atom. The lowest BCUT2D eigenvalue weighted by Gasteiger charge is -2.13. The molecule has 30 heavy (non-hydrogen) atoms. The van der Waals surface area contributed by atoms with Crippen molar-refractivity contribution in [3.8, 4) is 11.1 Å². The molecule has 1 atom stereocenters. The highest BCUT2D eigenvalue weighted by Crippen LogP contribution is 2.32. The monoisotopic (exact) mass is 454 g/mol. The third-order valence-corrected chi connectivity index (χ3v) is 6.99. The second-order valence-electron chi connectivity index (χ2n) is 6.24. The first kappa shape index (κ1) is 22.2. The summed E-state index contributed by atoms with van der Waals surface area (Å²) in [6.07, 6.45) is -4.43. The molecule has 1 heterocycles. The van der Waals surface area contributed by atoms with E-state index in [1.54, 1.807) is 29.6 Å². The molecule has 0 saturated carbocycles. The van der Waals surface area contributed by atoms with Crippen LogP contribution in [0.15, 0.2) is 70.3 Å². The van der Waals surface area contributed by atoms with Crippen molar-refractivity contribution in [3.05, 3.63) is 77.2 Å². The number of thiophene rings is 1. The van der Waals surface area contributed by atoms with Crippen LogP contribution in [0.4, 0.5) is 13.2 Å². The number of nitrogens with one attached hydrogen (secondary N) is 2. The Balaban J connectivity index is 1.56. The van der Waals surface area contributed by atoms with Crippen LogP contribution in [0.25, 0.3) is 11.1 Å². The van der Waals surface area contributed by atoms with E-state index in [9.17, 15) is 26.7 Å². The van der Waals surface area contributed by atoms with Gasteiger partial charge < -0.3 is 9.87 Å². The van der Waals surface area contributed by atoms with E-state index < -0.39 is 28.0 Å². The van der Waals surface area contributed by atoms with Crippen LogP contribution in [0.2, 0.25) is 0 Å². The van der Waals surface area contributed by atoms with E-state index in [0.29, 0.717) is 16.7 Å². The third kappa shape index (κ3) is 5.54. The minimum absolute atomic E-state index is 0.0221. The number of carbonyl (C=O) groups excluding carboxylic acids is 1. The van der Waals surface area contributed by atoms with Gasteiger partial charge in [-0.2, -0.15) is 13.2 Å². The molecule has 3 rings (SSSR count). The molecule has 0 radical (unpaired) electrons. The average molecular weight is 454 g/mol. The van der Waals surface area contributed by atoms with Gasteiger partial charge in [-0.05, 0) is 46.8 Å². The Bertz CT molecular complexity index is 1050. The van der Waals surface area contributed by atoms with Gasteiger partial charge in [0.05, 0.1) is 12.1 Å². The van der Waals surface area contributed by atoms with Gasteiger partial charge in [0.15, 0.2) is 10.4 Å². The van der Waals surface area contributed by atoms with Crippen LogP contribution in [0.1, 0.15) is 15.9 Å². The predicted octanol–water partition coefficient (Wildman–Crippen LogP) is 4.36. The molecular weight excluding hydrogens is 437 g/mol. The van der Waals surface area contributed by atoms with Crippen molar-refractivity contribution < 1.29 is 26.7 Å². The third-order valence-electron chi connectivity index (χ3n) is 4.13. The Labute approximate surface area is 176 Å². The van der Waals surface area contributed by atoms with Crippen LogP contribution in [-0.4, -0.2) is 23.5 Å². The van der Waals surface area contributed by atoms with Gasteiger partial charge in [-0.3, -0.25) is 4.79 Å². The average Bonchev–Trinajstić information content (AvgIpc) is 3.27. The fourth-order valence-electron chi connectivity index (χ4n) is 2.64. The van der Waals surface area contributed by atoms with Crippen LogP contribution >= 0.6 is 11.3 Å². The first-order valence-electron chi connectivity index (χ1n) is 8.76. The Kier molecular flexibility index (Phi) is 6.71. The van der Waals surface area contributed by atoms with Crippen molar-refractivity contribution in [3.63, 3.8) is 0 Å². The molecule has 0 bridgehead atoms. The Morgan fingerprint density at radius 3 is 2.37 bits per heavy atom. The fourth-order valence-corrected chi connectivity index (χ4v) is 4.71. The largest absolute Gasteiger partial charge is 0.592 e. The molecule has 0 fully saturated rings. The van der Waals surface area contributed by atoms with Crippen molar-refractivity contribution >= 4 is 27.6 Å². The summed E-state index contributed by atoms with van der Waals surface area (Å²) in [6, 6.07) is 14.2. The topological polar surface area (TPSA) is 81.3 Å². The molecule has 158 valence electrons. The highest BCUT2D eigenvalue weighted by atomic mass is 32.3. The number of benzene rings is 2. The molecule has 10 heteroatoms. The Hall–Kier alpha value is -2.53. The predicted molar refractivity (Wildman–Crippen MR) is 109 cm³/mol. The number of alkyl halides is 3. The van der Waals surface area contributed by atoms with Gasteiger partial charge in [-0.25, -0.2) is 0 Å². The maximum absolute atomic E-state index is 12.9. The quantitative estimate of drug-likeness (QED) is 0.411. The van der Waals surface area contributed by atoms with Crippen LogP contribution in [0, 0.1) is 0 Å². The lowest BCUT2D eigenvalue weighted by atomic mass is 10.0. The summed E-state index contributed by atoms with van der Waals surface area (Å²) >= 11 is 1.09. The van der Waals surface area contributed by atoms with Gasteiger partial charge in [-0.15, -0.1) is 4.72 Å². The van der Waals surface area contributed by atoms with Crippen LogP contribution < -0.4 is 10.0 Å². The normalized spacial score (nSPS) is 13.6. The van der Waals surface area contributed by atoms with Crippen molar-refractivity contribution in [2.45, 2.75) is 10.4 Å². The molecule has 0 aliphatic heterocycles. The van der Waals surface area contributed by atoms with Crippen LogP contribution in [0.5, 0.6) is 0 Å². The van der Waals surface area contributed by atoms with Crippen LogP contribution in [0.3, 0.4) is 0 Å². The second-order valence-corrected chi connectivity index (χ2v) is 9.18. The van der Waals surface area contributed by atoms with E-state index >= 15 is 0 Å². The molecule has 1 aromatic heterocycles. The molecule has 0 aliphatic rings. The zero-order valence-electron chi connectivity index (χ0n) is 15.4. The fraction of sp³-hybridized carbons (Fsp3) is 0.150. The van der Waals surface area contributed by atoms with E-state index in [1.165, 1.54) is 24.3 Å². The van der Waals surface area contributed by atoms with Gasteiger partial charge in [0.25, 0.3) is 5.91 Å². The maximum Gasteiger partial charge on any atom is 0.416 e. The molecule has 2 aromatic carbocycles.